The lowest BCUT2D eigenvalue weighted by Gasteiger charge is -2.12. The Bertz CT molecular complexity index is 603. The first-order valence-corrected chi connectivity index (χ1v) is 6.19. The van der Waals surface area contributed by atoms with Gasteiger partial charge in [-0.2, -0.15) is 5.10 Å². The molecule has 0 spiro atoms. The van der Waals surface area contributed by atoms with Gasteiger partial charge < -0.3 is 4.74 Å². The topological polar surface area (TPSA) is 27.1 Å². The molecular formula is C14H15F3N2O. The molecule has 0 aliphatic rings. The minimum atomic E-state index is -4.72. The van der Waals surface area contributed by atoms with Gasteiger partial charge in [-0.15, -0.1) is 13.2 Å². The fourth-order valence-corrected chi connectivity index (χ4v) is 1.89. The number of rotatable bonds is 3. The molecule has 0 bridgehead atoms. The Hall–Kier alpha value is -1.98. The van der Waals surface area contributed by atoms with E-state index in [0.717, 1.165) is 5.56 Å². The molecule has 3 nitrogen and oxygen atoms in total. The number of para-hydroxylation sites is 1. The van der Waals surface area contributed by atoms with Gasteiger partial charge in [-0.25, -0.2) is 0 Å². The highest BCUT2D eigenvalue weighted by Gasteiger charge is 2.32. The average molecular weight is 284 g/mol. The normalized spacial score (nSPS) is 11.9. The van der Waals surface area contributed by atoms with E-state index in [-0.39, 0.29) is 11.8 Å². The second-order valence-corrected chi connectivity index (χ2v) is 4.78. The Kier molecular flexibility index (Phi) is 3.74. The SMILES string of the molecule is Cc1cn(C(C)C)nc1-c1ccccc1OC(F)(F)F. The molecule has 20 heavy (non-hydrogen) atoms. The summed E-state index contributed by atoms with van der Waals surface area (Å²) in [6.45, 7) is 5.72. The van der Waals surface area contributed by atoms with E-state index in [4.69, 9.17) is 0 Å². The molecule has 0 aliphatic heterocycles. The van der Waals surface area contributed by atoms with Crippen LogP contribution in [0, 0.1) is 6.92 Å². The van der Waals surface area contributed by atoms with Crippen LogP contribution in [0.5, 0.6) is 5.75 Å². The molecule has 0 saturated heterocycles. The van der Waals surface area contributed by atoms with Crippen molar-refractivity contribution in [3.63, 3.8) is 0 Å². The summed E-state index contributed by atoms with van der Waals surface area (Å²) in [7, 11) is 0. The van der Waals surface area contributed by atoms with Crippen molar-refractivity contribution < 1.29 is 17.9 Å². The molecule has 6 heteroatoms. The number of halogens is 3. The van der Waals surface area contributed by atoms with Gasteiger partial charge in [-0.05, 0) is 38.5 Å². The lowest BCUT2D eigenvalue weighted by Crippen LogP contribution is -2.17. The molecule has 108 valence electrons. The summed E-state index contributed by atoms with van der Waals surface area (Å²) in [5.41, 5.74) is 1.64. The van der Waals surface area contributed by atoms with Crippen LogP contribution in [0.4, 0.5) is 13.2 Å². The summed E-state index contributed by atoms with van der Waals surface area (Å²) in [6, 6.07) is 6.15. The third kappa shape index (κ3) is 3.12. The fourth-order valence-electron chi connectivity index (χ4n) is 1.89. The van der Waals surface area contributed by atoms with Gasteiger partial charge >= 0.3 is 6.36 Å². The number of hydrogen-bond acceptors (Lipinski definition) is 2. The summed E-state index contributed by atoms with van der Waals surface area (Å²) in [5, 5.41) is 4.34. The zero-order chi connectivity index (χ0) is 14.9. The molecular weight excluding hydrogens is 269 g/mol. The average Bonchev–Trinajstić information content (AvgIpc) is 2.70. The predicted octanol–water partition coefficient (Wildman–Crippen LogP) is 4.34. The van der Waals surface area contributed by atoms with E-state index in [9.17, 15) is 13.2 Å². The number of alkyl halides is 3. The van der Waals surface area contributed by atoms with E-state index in [2.05, 4.69) is 9.84 Å². The summed E-state index contributed by atoms with van der Waals surface area (Å²) < 4.78 is 43.0. The first kappa shape index (κ1) is 14.4. The van der Waals surface area contributed by atoms with Gasteiger partial charge in [0, 0.05) is 17.8 Å². The van der Waals surface area contributed by atoms with E-state index >= 15 is 0 Å². The van der Waals surface area contributed by atoms with Crippen molar-refractivity contribution in [2.24, 2.45) is 0 Å². The smallest absolute Gasteiger partial charge is 0.405 e. The monoisotopic (exact) mass is 284 g/mol. The van der Waals surface area contributed by atoms with Crippen LogP contribution < -0.4 is 4.74 Å². The first-order chi connectivity index (χ1) is 9.28. The summed E-state index contributed by atoms with van der Waals surface area (Å²) in [5.74, 6) is -0.239. The quantitative estimate of drug-likeness (QED) is 0.838. The highest BCUT2D eigenvalue weighted by molar-refractivity contribution is 5.69. The highest BCUT2D eigenvalue weighted by atomic mass is 19.4. The Morgan fingerprint density at radius 2 is 1.85 bits per heavy atom. The second kappa shape index (κ2) is 5.19. The molecule has 2 rings (SSSR count). The van der Waals surface area contributed by atoms with Gasteiger partial charge in [-0.3, -0.25) is 4.68 Å². The highest BCUT2D eigenvalue weighted by Crippen LogP contribution is 2.34. The lowest BCUT2D eigenvalue weighted by atomic mass is 10.1. The molecule has 1 aromatic heterocycles. The van der Waals surface area contributed by atoms with Crippen LogP contribution in [0.2, 0.25) is 0 Å². The van der Waals surface area contributed by atoms with Crippen LogP contribution in [0.15, 0.2) is 30.5 Å². The van der Waals surface area contributed by atoms with Gasteiger partial charge in [0.15, 0.2) is 0 Å². The molecule has 0 unspecified atom stereocenters. The van der Waals surface area contributed by atoms with E-state index in [0.29, 0.717) is 11.3 Å². The summed E-state index contributed by atoms with van der Waals surface area (Å²) >= 11 is 0. The summed E-state index contributed by atoms with van der Waals surface area (Å²) in [4.78, 5) is 0. The third-order valence-corrected chi connectivity index (χ3v) is 2.81. The number of aryl methyl sites for hydroxylation is 1. The van der Waals surface area contributed by atoms with E-state index < -0.39 is 6.36 Å². The van der Waals surface area contributed by atoms with Crippen LogP contribution in [0.1, 0.15) is 25.5 Å². The van der Waals surface area contributed by atoms with Gasteiger partial charge in [0.25, 0.3) is 0 Å². The Labute approximate surface area is 115 Å². The van der Waals surface area contributed by atoms with E-state index in [1.54, 1.807) is 16.8 Å². The maximum Gasteiger partial charge on any atom is 0.573 e. The van der Waals surface area contributed by atoms with Crippen LogP contribution in [0.25, 0.3) is 11.3 Å². The molecule has 0 fully saturated rings. The molecule has 1 heterocycles. The van der Waals surface area contributed by atoms with Crippen molar-refractivity contribution in [3.8, 4) is 17.0 Å². The molecule has 0 aliphatic carbocycles. The maximum absolute atomic E-state index is 12.4. The number of aromatic nitrogens is 2. The van der Waals surface area contributed by atoms with Crippen molar-refractivity contribution in [1.82, 2.24) is 9.78 Å². The fraction of sp³-hybridized carbons (Fsp3) is 0.357. The van der Waals surface area contributed by atoms with Crippen molar-refractivity contribution in [3.05, 3.63) is 36.0 Å². The van der Waals surface area contributed by atoms with Crippen LogP contribution >= 0.6 is 0 Å². The van der Waals surface area contributed by atoms with Crippen LogP contribution in [0.3, 0.4) is 0 Å². The molecule has 0 radical (unpaired) electrons. The predicted molar refractivity (Wildman–Crippen MR) is 69.5 cm³/mol. The second-order valence-electron chi connectivity index (χ2n) is 4.78. The number of ether oxygens (including phenoxy) is 1. The zero-order valence-electron chi connectivity index (χ0n) is 11.4. The standard InChI is InChI=1S/C14H15F3N2O/c1-9(2)19-8-10(3)13(18-19)11-6-4-5-7-12(11)20-14(15,16)17/h4-9H,1-3H3. The van der Waals surface area contributed by atoms with Crippen molar-refractivity contribution in [2.75, 3.05) is 0 Å². The largest absolute Gasteiger partial charge is 0.573 e. The minimum absolute atomic E-state index is 0.137. The van der Waals surface area contributed by atoms with Gasteiger partial charge in [0.05, 0.1) is 5.69 Å². The molecule has 0 amide bonds. The Morgan fingerprint density at radius 3 is 2.40 bits per heavy atom. The first-order valence-electron chi connectivity index (χ1n) is 6.19. The van der Waals surface area contributed by atoms with E-state index in [1.807, 2.05) is 27.0 Å². The molecule has 0 atom stereocenters. The molecule has 1 aromatic carbocycles. The Morgan fingerprint density at radius 1 is 1.20 bits per heavy atom. The van der Waals surface area contributed by atoms with E-state index in [1.165, 1.54) is 12.1 Å². The molecule has 2 aromatic rings. The zero-order valence-corrected chi connectivity index (χ0v) is 11.4. The number of nitrogens with zero attached hydrogens (tertiary/aromatic N) is 2. The van der Waals surface area contributed by atoms with Gasteiger partial charge in [-0.1, -0.05) is 12.1 Å². The van der Waals surface area contributed by atoms with Crippen molar-refractivity contribution >= 4 is 0 Å². The number of hydrogen-bond donors (Lipinski definition) is 0. The van der Waals surface area contributed by atoms with Crippen LogP contribution in [-0.2, 0) is 0 Å². The number of benzene rings is 1. The minimum Gasteiger partial charge on any atom is -0.405 e. The van der Waals surface area contributed by atoms with Gasteiger partial charge in [0.1, 0.15) is 5.75 Å². The molecule has 0 saturated carbocycles. The maximum atomic E-state index is 12.4. The van der Waals surface area contributed by atoms with Gasteiger partial charge in [0.2, 0.25) is 0 Å². The molecule has 0 N–H and O–H groups in total. The van der Waals surface area contributed by atoms with Crippen molar-refractivity contribution in [1.29, 1.82) is 0 Å². The Balaban J connectivity index is 2.47. The lowest BCUT2D eigenvalue weighted by molar-refractivity contribution is -0.274. The summed E-state index contributed by atoms with van der Waals surface area (Å²) in [6.07, 6.45) is -2.91. The van der Waals surface area contributed by atoms with Crippen molar-refractivity contribution in [2.45, 2.75) is 33.2 Å². The van der Waals surface area contributed by atoms with Crippen LogP contribution in [-0.4, -0.2) is 16.1 Å². The third-order valence-electron chi connectivity index (χ3n) is 2.81.